The molecule has 0 spiro atoms. The van der Waals surface area contributed by atoms with Crippen LogP contribution in [0.25, 0.3) is 0 Å². The van der Waals surface area contributed by atoms with E-state index in [-0.39, 0.29) is 18.6 Å². The van der Waals surface area contributed by atoms with Crippen molar-refractivity contribution in [3.8, 4) is 0 Å². The van der Waals surface area contributed by atoms with Crippen LogP contribution in [0.15, 0.2) is 53.4 Å². The predicted octanol–water partition coefficient (Wildman–Crippen LogP) is 3.03. The third-order valence-corrected chi connectivity index (χ3v) is 6.97. The normalized spacial score (nSPS) is 15.4. The summed E-state index contributed by atoms with van der Waals surface area (Å²) in [6, 6.07) is 11.4. The van der Waals surface area contributed by atoms with Crippen LogP contribution >= 0.6 is 0 Å². The minimum absolute atomic E-state index is 0.0102. The average molecular weight is 449 g/mol. The minimum atomic E-state index is -4.03. The quantitative estimate of drug-likeness (QED) is 0.627. The lowest BCUT2D eigenvalue weighted by atomic mass is 10.0. The summed E-state index contributed by atoms with van der Waals surface area (Å²) in [6.45, 7) is 2.56. The summed E-state index contributed by atoms with van der Waals surface area (Å²) in [7, 11) is -4.03. The first-order chi connectivity index (χ1) is 14.8. The van der Waals surface area contributed by atoms with Crippen LogP contribution in [-0.4, -0.2) is 44.3 Å². The van der Waals surface area contributed by atoms with Gasteiger partial charge in [0.25, 0.3) is 5.91 Å². The number of halogens is 1. The standard InChI is InChI=1S/C22H25FN2O5S/c1-2-30-21(26)15-19(16-8-4-3-5-9-16)24-22(27)17-10-11-18(23)20(14-17)31(28,29)25-12-6-7-13-25/h3-5,8-11,14,19H,2,6-7,12-13,15H2,1H3,(H,24,27). The van der Waals surface area contributed by atoms with Gasteiger partial charge < -0.3 is 10.1 Å². The molecule has 1 saturated heterocycles. The lowest BCUT2D eigenvalue weighted by molar-refractivity contribution is -0.143. The number of nitrogens with zero attached hydrogens (tertiary/aromatic N) is 1. The van der Waals surface area contributed by atoms with Gasteiger partial charge in [0.2, 0.25) is 10.0 Å². The molecule has 1 aliphatic rings. The Morgan fingerprint density at radius 2 is 1.81 bits per heavy atom. The van der Waals surface area contributed by atoms with Crippen molar-refractivity contribution in [3.05, 3.63) is 65.5 Å². The SMILES string of the molecule is CCOC(=O)CC(NC(=O)c1ccc(F)c(S(=O)(=O)N2CCCC2)c1)c1ccccc1. The highest BCUT2D eigenvalue weighted by Gasteiger charge is 2.30. The molecule has 7 nitrogen and oxygen atoms in total. The van der Waals surface area contributed by atoms with Crippen LogP contribution < -0.4 is 5.32 Å². The van der Waals surface area contributed by atoms with E-state index in [2.05, 4.69) is 5.32 Å². The zero-order valence-corrected chi connectivity index (χ0v) is 18.0. The fourth-order valence-corrected chi connectivity index (χ4v) is 5.08. The number of sulfonamides is 1. The highest BCUT2D eigenvalue weighted by Crippen LogP contribution is 2.25. The van der Waals surface area contributed by atoms with E-state index < -0.39 is 38.7 Å². The Morgan fingerprint density at radius 3 is 2.45 bits per heavy atom. The molecule has 0 aliphatic carbocycles. The van der Waals surface area contributed by atoms with Crippen LogP contribution in [0, 0.1) is 5.82 Å². The second-order valence-electron chi connectivity index (χ2n) is 7.20. The fraction of sp³-hybridized carbons (Fsp3) is 0.364. The molecular formula is C22H25FN2O5S. The molecule has 9 heteroatoms. The molecule has 1 heterocycles. The molecular weight excluding hydrogens is 423 g/mol. The second-order valence-corrected chi connectivity index (χ2v) is 9.11. The number of carbonyl (C=O) groups is 2. The van der Waals surface area contributed by atoms with Crippen molar-refractivity contribution in [2.24, 2.45) is 0 Å². The molecule has 0 aromatic heterocycles. The van der Waals surface area contributed by atoms with Gasteiger partial charge in [-0.15, -0.1) is 0 Å². The van der Waals surface area contributed by atoms with Crippen molar-refractivity contribution in [1.29, 1.82) is 0 Å². The first-order valence-electron chi connectivity index (χ1n) is 10.1. The molecule has 1 atom stereocenters. The molecule has 1 fully saturated rings. The maximum Gasteiger partial charge on any atom is 0.308 e. The number of amides is 1. The maximum atomic E-state index is 14.4. The van der Waals surface area contributed by atoms with Crippen LogP contribution in [0.4, 0.5) is 4.39 Å². The number of rotatable bonds is 8. The number of hydrogen-bond donors (Lipinski definition) is 1. The van der Waals surface area contributed by atoms with Gasteiger partial charge in [-0.3, -0.25) is 9.59 Å². The van der Waals surface area contributed by atoms with Gasteiger partial charge >= 0.3 is 5.97 Å². The molecule has 2 aromatic rings. The molecule has 3 rings (SSSR count). The fourth-order valence-electron chi connectivity index (χ4n) is 3.48. The summed E-state index contributed by atoms with van der Waals surface area (Å²) in [6.07, 6.45) is 1.34. The van der Waals surface area contributed by atoms with E-state index in [1.165, 1.54) is 10.4 Å². The van der Waals surface area contributed by atoms with Gasteiger partial charge in [-0.2, -0.15) is 4.31 Å². The van der Waals surface area contributed by atoms with Crippen molar-refractivity contribution < 1.29 is 27.1 Å². The van der Waals surface area contributed by atoms with Gasteiger partial charge in [-0.05, 0) is 43.5 Å². The number of nitrogens with one attached hydrogen (secondary N) is 1. The Bertz CT molecular complexity index is 1040. The number of benzene rings is 2. The molecule has 1 aliphatic heterocycles. The molecule has 1 amide bonds. The first-order valence-corrected chi connectivity index (χ1v) is 11.6. The molecule has 0 radical (unpaired) electrons. The monoisotopic (exact) mass is 448 g/mol. The number of hydrogen-bond acceptors (Lipinski definition) is 5. The van der Waals surface area contributed by atoms with E-state index in [0.717, 1.165) is 12.1 Å². The highest BCUT2D eigenvalue weighted by molar-refractivity contribution is 7.89. The topological polar surface area (TPSA) is 92.8 Å². The molecule has 0 saturated carbocycles. The van der Waals surface area contributed by atoms with E-state index in [0.29, 0.717) is 31.5 Å². The van der Waals surface area contributed by atoms with Gasteiger partial charge in [0, 0.05) is 18.7 Å². The Kier molecular flexibility index (Phi) is 7.40. The van der Waals surface area contributed by atoms with Crippen LogP contribution in [-0.2, 0) is 19.6 Å². The molecule has 0 bridgehead atoms. The Balaban J connectivity index is 1.86. The third-order valence-electron chi connectivity index (χ3n) is 5.06. The highest BCUT2D eigenvalue weighted by atomic mass is 32.2. The number of carbonyl (C=O) groups excluding carboxylic acids is 2. The van der Waals surface area contributed by atoms with Crippen molar-refractivity contribution >= 4 is 21.9 Å². The van der Waals surface area contributed by atoms with E-state index in [4.69, 9.17) is 4.74 Å². The average Bonchev–Trinajstić information content (AvgIpc) is 3.30. The zero-order valence-electron chi connectivity index (χ0n) is 17.2. The number of esters is 1. The van der Waals surface area contributed by atoms with Gasteiger partial charge in [0.15, 0.2) is 0 Å². The predicted molar refractivity (Wildman–Crippen MR) is 112 cm³/mol. The van der Waals surface area contributed by atoms with E-state index >= 15 is 0 Å². The van der Waals surface area contributed by atoms with E-state index in [9.17, 15) is 22.4 Å². The zero-order chi connectivity index (χ0) is 22.4. The smallest absolute Gasteiger partial charge is 0.308 e. The molecule has 166 valence electrons. The molecule has 31 heavy (non-hydrogen) atoms. The van der Waals surface area contributed by atoms with Crippen LogP contribution in [0.3, 0.4) is 0 Å². The van der Waals surface area contributed by atoms with Gasteiger partial charge in [0.05, 0.1) is 19.1 Å². The lowest BCUT2D eigenvalue weighted by Gasteiger charge is -2.20. The van der Waals surface area contributed by atoms with Crippen LogP contribution in [0.2, 0.25) is 0 Å². The Hall–Kier alpha value is -2.78. The van der Waals surface area contributed by atoms with Crippen LogP contribution in [0.1, 0.15) is 48.1 Å². The minimum Gasteiger partial charge on any atom is -0.466 e. The van der Waals surface area contributed by atoms with Gasteiger partial charge in [0.1, 0.15) is 10.7 Å². The lowest BCUT2D eigenvalue weighted by Crippen LogP contribution is -2.32. The van der Waals surface area contributed by atoms with E-state index in [1.807, 2.05) is 6.07 Å². The van der Waals surface area contributed by atoms with E-state index in [1.54, 1.807) is 31.2 Å². The van der Waals surface area contributed by atoms with Crippen LogP contribution in [0.5, 0.6) is 0 Å². The van der Waals surface area contributed by atoms with Crippen molar-refractivity contribution in [2.45, 2.75) is 37.1 Å². The van der Waals surface area contributed by atoms with Crippen molar-refractivity contribution in [3.63, 3.8) is 0 Å². The Labute approximate surface area is 181 Å². The summed E-state index contributed by atoms with van der Waals surface area (Å²) in [5.41, 5.74) is 0.680. The molecule has 1 unspecified atom stereocenters. The van der Waals surface area contributed by atoms with Gasteiger partial charge in [-0.25, -0.2) is 12.8 Å². The second kappa shape index (κ2) is 10.0. The summed E-state index contributed by atoms with van der Waals surface area (Å²) < 4.78 is 46.2. The molecule has 2 aromatic carbocycles. The van der Waals surface area contributed by atoms with Crippen molar-refractivity contribution in [2.75, 3.05) is 19.7 Å². The Morgan fingerprint density at radius 1 is 1.13 bits per heavy atom. The van der Waals surface area contributed by atoms with Crippen molar-refractivity contribution in [1.82, 2.24) is 9.62 Å². The number of ether oxygens (including phenoxy) is 1. The first kappa shape index (κ1) is 22.9. The van der Waals surface area contributed by atoms with Gasteiger partial charge in [-0.1, -0.05) is 30.3 Å². The summed E-state index contributed by atoms with van der Waals surface area (Å²) in [4.78, 5) is 24.4. The summed E-state index contributed by atoms with van der Waals surface area (Å²) >= 11 is 0. The largest absolute Gasteiger partial charge is 0.466 e. The third kappa shape index (κ3) is 5.48. The maximum absolute atomic E-state index is 14.4. The summed E-state index contributed by atoms with van der Waals surface area (Å²) in [5.74, 6) is -2.00. The summed E-state index contributed by atoms with van der Waals surface area (Å²) in [5, 5.41) is 2.74. The molecule has 1 N–H and O–H groups in total.